The third kappa shape index (κ3) is 2.51. The number of anilines is 2. The molecular weight excluding hydrogens is 229 g/mol. The lowest BCUT2D eigenvalue weighted by molar-refractivity contribution is 0.281. The highest BCUT2D eigenvalue weighted by atomic mass is 19.1. The minimum atomic E-state index is -0.313. The summed E-state index contributed by atoms with van der Waals surface area (Å²) >= 11 is 0. The Labute approximate surface area is 106 Å². The van der Waals surface area contributed by atoms with Crippen molar-refractivity contribution in [1.82, 2.24) is 0 Å². The average Bonchev–Trinajstić information content (AvgIpc) is 2.42. The van der Waals surface area contributed by atoms with Gasteiger partial charge in [0.15, 0.2) is 0 Å². The fourth-order valence-corrected chi connectivity index (χ4v) is 1.97. The van der Waals surface area contributed by atoms with Crippen LogP contribution in [0.5, 0.6) is 0 Å². The number of rotatable bonds is 4. The second-order valence-electron chi connectivity index (χ2n) is 4.02. The molecule has 0 radical (unpaired) electrons. The highest BCUT2D eigenvalue weighted by Gasteiger charge is 2.12. The van der Waals surface area contributed by atoms with Gasteiger partial charge in [0.25, 0.3) is 0 Å². The molecule has 2 nitrogen and oxygen atoms in total. The Hall–Kier alpha value is -1.87. The van der Waals surface area contributed by atoms with E-state index >= 15 is 0 Å². The molecule has 1 N–H and O–H groups in total. The van der Waals surface area contributed by atoms with E-state index in [0.717, 1.165) is 5.69 Å². The SMILES string of the molecule is CCN(c1ccccc1)c1ccc(CO)cc1F. The molecule has 0 heterocycles. The van der Waals surface area contributed by atoms with Crippen molar-refractivity contribution in [2.24, 2.45) is 0 Å². The van der Waals surface area contributed by atoms with Gasteiger partial charge in [0, 0.05) is 12.2 Å². The summed E-state index contributed by atoms with van der Waals surface area (Å²) in [6, 6.07) is 14.5. The summed E-state index contributed by atoms with van der Waals surface area (Å²) in [5.41, 5.74) is 2.07. The van der Waals surface area contributed by atoms with E-state index in [4.69, 9.17) is 5.11 Å². The first-order valence-corrected chi connectivity index (χ1v) is 5.98. The summed E-state index contributed by atoms with van der Waals surface area (Å²) in [6.45, 7) is 2.51. The van der Waals surface area contributed by atoms with Crippen LogP contribution in [0.2, 0.25) is 0 Å². The van der Waals surface area contributed by atoms with Crippen molar-refractivity contribution in [3.8, 4) is 0 Å². The Kier molecular flexibility index (Phi) is 3.95. The molecule has 2 aromatic rings. The number of hydrogen-bond donors (Lipinski definition) is 1. The third-order valence-corrected chi connectivity index (χ3v) is 2.87. The second-order valence-corrected chi connectivity index (χ2v) is 4.02. The number of para-hydroxylation sites is 1. The van der Waals surface area contributed by atoms with Crippen LogP contribution in [0.15, 0.2) is 48.5 Å². The van der Waals surface area contributed by atoms with Crippen LogP contribution in [-0.2, 0) is 6.61 Å². The van der Waals surface area contributed by atoms with Crippen LogP contribution in [0.4, 0.5) is 15.8 Å². The van der Waals surface area contributed by atoms with Crippen LogP contribution in [-0.4, -0.2) is 11.7 Å². The molecule has 0 aromatic heterocycles. The van der Waals surface area contributed by atoms with Crippen LogP contribution in [0.3, 0.4) is 0 Å². The van der Waals surface area contributed by atoms with Gasteiger partial charge in [0.1, 0.15) is 5.82 Å². The second kappa shape index (κ2) is 5.65. The molecule has 2 aromatic carbocycles. The van der Waals surface area contributed by atoms with E-state index in [0.29, 0.717) is 17.8 Å². The Morgan fingerprint density at radius 2 is 1.83 bits per heavy atom. The smallest absolute Gasteiger partial charge is 0.147 e. The normalized spacial score (nSPS) is 10.4. The molecular formula is C15H16FNO. The van der Waals surface area contributed by atoms with E-state index in [9.17, 15) is 4.39 Å². The molecule has 0 amide bonds. The predicted octanol–water partition coefficient (Wildman–Crippen LogP) is 3.48. The van der Waals surface area contributed by atoms with E-state index in [1.807, 2.05) is 42.2 Å². The summed E-state index contributed by atoms with van der Waals surface area (Å²) in [5.74, 6) is -0.313. The lowest BCUT2D eigenvalue weighted by atomic mass is 10.1. The maximum absolute atomic E-state index is 14.0. The molecule has 0 fully saturated rings. The first kappa shape index (κ1) is 12.6. The van der Waals surface area contributed by atoms with Gasteiger partial charge in [-0.15, -0.1) is 0 Å². The van der Waals surface area contributed by atoms with Crippen molar-refractivity contribution >= 4 is 11.4 Å². The van der Waals surface area contributed by atoms with Crippen molar-refractivity contribution in [2.75, 3.05) is 11.4 Å². The van der Waals surface area contributed by atoms with Crippen molar-refractivity contribution in [3.05, 3.63) is 59.9 Å². The fraction of sp³-hybridized carbons (Fsp3) is 0.200. The fourth-order valence-electron chi connectivity index (χ4n) is 1.97. The quantitative estimate of drug-likeness (QED) is 0.891. The van der Waals surface area contributed by atoms with Crippen molar-refractivity contribution < 1.29 is 9.50 Å². The lowest BCUT2D eigenvalue weighted by Gasteiger charge is -2.24. The zero-order valence-corrected chi connectivity index (χ0v) is 10.3. The summed E-state index contributed by atoms with van der Waals surface area (Å²) in [6.07, 6.45) is 0. The Bertz CT molecular complexity index is 513. The van der Waals surface area contributed by atoms with Crippen LogP contribution in [0, 0.1) is 5.82 Å². The van der Waals surface area contributed by atoms with Crippen LogP contribution in [0.25, 0.3) is 0 Å². The van der Waals surface area contributed by atoms with Crippen molar-refractivity contribution in [3.63, 3.8) is 0 Å². The summed E-state index contributed by atoms with van der Waals surface area (Å²) in [5, 5.41) is 8.99. The number of benzene rings is 2. The van der Waals surface area contributed by atoms with Gasteiger partial charge in [-0.2, -0.15) is 0 Å². The number of halogens is 1. The van der Waals surface area contributed by atoms with Gasteiger partial charge in [0.2, 0.25) is 0 Å². The number of aliphatic hydroxyl groups is 1. The molecule has 0 spiro atoms. The highest BCUT2D eigenvalue weighted by Crippen LogP contribution is 2.27. The average molecular weight is 245 g/mol. The molecule has 0 aliphatic carbocycles. The molecule has 0 bridgehead atoms. The minimum Gasteiger partial charge on any atom is -0.392 e. The molecule has 0 saturated carbocycles. The molecule has 0 unspecified atom stereocenters. The van der Waals surface area contributed by atoms with Gasteiger partial charge in [-0.1, -0.05) is 24.3 Å². The van der Waals surface area contributed by atoms with E-state index in [-0.39, 0.29) is 12.4 Å². The first-order chi connectivity index (χ1) is 8.76. The van der Waals surface area contributed by atoms with Crippen molar-refractivity contribution in [2.45, 2.75) is 13.5 Å². The van der Waals surface area contributed by atoms with E-state index < -0.39 is 0 Å². The van der Waals surface area contributed by atoms with Crippen LogP contribution >= 0.6 is 0 Å². The molecule has 3 heteroatoms. The van der Waals surface area contributed by atoms with Crippen LogP contribution in [0.1, 0.15) is 12.5 Å². The Balaban J connectivity index is 2.39. The third-order valence-electron chi connectivity index (χ3n) is 2.87. The number of nitrogens with zero attached hydrogens (tertiary/aromatic N) is 1. The van der Waals surface area contributed by atoms with Gasteiger partial charge >= 0.3 is 0 Å². The standard InChI is InChI=1S/C15H16FNO/c1-2-17(13-6-4-3-5-7-13)15-9-8-12(11-18)10-14(15)16/h3-10,18H,2,11H2,1H3. The van der Waals surface area contributed by atoms with Gasteiger partial charge in [-0.3, -0.25) is 0 Å². The number of hydrogen-bond acceptors (Lipinski definition) is 2. The molecule has 0 atom stereocenters. The van der Waals surface area contributed by atoms with E-state index in [1.165, 1.54) is 6.07 Å². The highest BCUT2D eigenvalue weighted by molar-refractivity contribution is 5.63. The predicted molar refractivity (Wildman–Crippen MR) is 71.4 cm³/mol. The topological polar surface area (TPSA) is 23.5 Å². The molecule has 0 aliphatic rings. The lowest BCUT2D eigenvalue weighted by Crippen LogP contribution is -2.17. The Morgan fingerprint density at radius 3 is 2.39 bits per heavy atom. The van der Waals surface area contributed by atoms with Crippen molar-refractivity contribution in [1.29, 1.82) is 0 Å². The summed E-state index contributed by atoms with van der Waals surface area (Å²) in [7, 11) is 0. The first-order valence-electron chi connectivity index (χ1n) is 5.98. The van der Waals surface area contributed by atoms with Gasteiger partial charge in [-0.05, 0) is 36.8 Å². The van der Waals surface area contributed by atoms with Gasteiger partial charge in [-0.25, -0.2) is 4.39 Å². The molecule has 0 saturated heterocycles. The zero-order chi connectivity index (χ0) is 13.0. The molecule has 2 rings (SSSR count). The summed E-state index contributed by atoms with van der Waals surface area (Å²) < 4.78 is 14.0. The van der Waals surface area contributed by atoms with Gasteiger partial charge in [0.05, 0.1) is 12.3 Å². The summed E-state index contributed by atoms with van der Waals surface area (Å²) in [4.78, 5) is 1.90. The maximum Gasteiger partial charge on any atom is 0.147 e. The number of aliphatic hydroxyl groups excluding tert-OH is 1. The molecule has 0 aliphatic heterocycles. The zero-order valence-electron chi connectivity index (χ0n) is 10.3. The molecule has 18 heavy (non-hydrogen) atoms. The van der Waals surface area contributed by atoms with E-state index in [2.05, 4.69) is 0 Å². The van der Waals surface area contributed by atoms with E-state index in [1.54, 1.807) is 12.1 Å². The molecule has 94 valence electrons. The Morgan fingerprint density at radius 1 is 1.11 bits per heavy atom. The maximum atomic E-state index is 14.0. The van der Waals surface area contributed by atoms with Crippen LogP contribution < -0.4 is 4.90 Å². The minimum absolute atomic E-state index is 0.144. The van der Waals surface area contributed by atoms with Gasteiger partial charge < -0.3 is 10.0 Å². The monoisotopic (exact) mass is 245 g/mol. The largest absolute Gasteiger partial charge is 0.392 e.